The van der Waals surface area contributed by atoms with E-state index in [1.54, 1.807) is 0 Å². The van der Waals surface area contributed by atoms with E-state index >= 15 is 0 Å². The van der Waals surface area contributed by atoms with E-state index in [4.69, 9.17) is 16.3 Å². The van der Waals surface area contributed by atoms with Gasteiger partial charge < -0.3 is 4.74 Å². The molecule has 0 heterocycles. The van der Waals surface area contributed by atoms with Crippen LogP contribution in [0.25, 0.3) is 0 Å². The first-order valence-corrected chi connectivity index (χ1v) is 7.71. The van der Waals surface area contributed by atoms with Crippen LogP contribution in [0.1, 0.15) is 71.1 Å². The fourth-order valence-electron chi connectivity index (χ4n) is 1.84. The standard InChI is InChI=1S/C15H29ClO/c1-3-4-5-6-7-8-9-10-11-12-13-17-15(2)14-16/h2-14H2,1H3. The number of rotatable bonds is 13. The Kier molecular flexibility index (Phi) is 13.8. The quantitative estimate of drug-likeness (QED) is 0.235. The molecular weight excluding hydrogens is 232 g/mol. The minimum atomic E-state index is 0.414. The third-order valence-corrected chi connectivity index (χ3v) is 3.25. The Morgan fingerprint density at radius 3 is 1.82 bits per heavy atom. The van der Waals surface area contributed by atoms with Crippen LogP contribution in [0.2, 0.25) is 0 Å². The maximum Gasteiger partial charge on any atom is 0.104 e. The number of halogens is 1. The van der Waals surface area contributed by atoms with Crippen LogP contribution in [0.4, 0.5) is 0 Å². The van der Waals surface area contributed by atoms with Gasteiger partial charge in [-0.2, -0.15) is 0 Å². The van der Waals surface area contributed by atoms with E-state index in [0.717, 1.165) is 13.0 Å². The molecule has 0 N–H and O–H groups in total. The lowest BCUT2D eigenvalue weighted by atomic mass is 10.1. The number of hydrogen-bond donors (Lipinski definition) is 0. The summed E-state index contributed by atoms with van der Waals surface area (Å²) in [5.41, 5.74) is 0. The summed E-state index contributed by atoms with van der Waals surface area (Å²) >= 11 is 5.56. The first-order valence-electron chi connectivity index (χ1n) is 7.17. The van der Waals surface area contributed by atoms with Crippen molar-refractivity contribution >= 4 is 11.6 Å². The van der Waals surface area contributed by atoms with Gasteiger partial charge in [-0.3, -0.25) is 0 Å². The van der Waals surface area contributed by atoms with E-state index < -0.39 is 0 Å². The van der Waals surface area contributed by atoms with Gasteiger partial charge in [0.1, 0.15) is 5.76 Å². The Morgan fingerprint density at radius 2 is 1.35 bits per heavy atom. The van der Waals surface area contributed by atoms with Gasteiger partial charge >= 0.3 is 0 Å². The van der Waals surface area contributed by atoms with E-state index in [-0.39, 0.29) is 0 Å². The second-order valence-corrected chi connectivity index (χ2v) is 4.97. The third kappa shape index (κ3) is 13.8. The van der Waals surface area contributed by atoms with Gasteiger partial charge in [0, 0.05) is 0 Å². The first kappa shape index (κ1) is 16.8. The average Bonchev–Trinajstić information content (AvgIpc) is 2.35. The van der Waals surface area contributed by atoms with Crippen molar-refractivity contribution in [2.75, 3.05) is 12.5 Å². The molecule has 17 heavy (non-hydrogen) atoms. The molecule has 0 radical (unpaired) electrons. The summed E-state index contributed by atoms with van der Waals surface area (Å²) in [5.74, 6) is 1.11. The van der Waals surface area contributed by atoms with Gasteiger partial charge in [-0.05, 0) is 6.42 Å². The van der Waals surface area contributed by atoms with Gasteiger partial charge in [-0.1, -0.05) is 71.3 Å². The van der Waals surface area contributed by atoms with Gasteiger partial charge in [0.15, 0.2) is 0 Å². The van der Waals surface area contributed by atoms with Crippen molar-refractivity contribution in [3.63, 3.8) is 0 Å². The summed E-state index contributed by atoms with van der Waals surface area (Å²) < 4.78 is 5.34. The van der Waals surface area contributed by atoms with Crippen molar-refractivity contribution in [1.82, 2.24) is 0 Å². The predicted molar refractivity (Wildman–Crippen MR) is 77.7 cm³/mol. The van der Waals surface area contributed by atoms with Crippen molar-refractivity contribution in [1.29, 1.82) is 0 Å². The highest BCUT2D eigenvalue weighted by atomic mass is 35.5. The molecular formula is C15H29ClO. The Bertz CT molecular complexity index is 168. The molecule has 0 aromatic rings. The molecule has 2 heteroatoms. The molecule has 1 nitrogen and oxygen atoms in total. The minimum absolute atomic E-state index is 0.414. The van der Waals surface area contributed by atoms with Crippen LogP contribution in [0.5, 0.6) is 0 Å². The van der Waals surface area contributed by atoms with Crippen LogP contribution < -0.4 is 0 Å². The normalized spacial score (nSPS) is 10.5. The van der Waals surface area contributed by atoms with Gasteiger partial charge in [0.2, 0.25) is 0 Å². The summed E-state index contributed by atoms with van der Waals surface area (Å²) in [6, 6.07) is 0. The molecule has 0 aliphatic carbocycles. The molecule has 0 saturated carbocycles. The Labute approximate surface area is 113 Å². The fourth-order valence-corrected chi connectivity index (χ4v) is 1.92. The Balaban J connectivity index is 2.96. The van der Waals surface area contributed by atoms with Crippen molar-refractivity contribution in [2.24, 2.45) is 0 Å². The lowest BCUT2D eigenvalue weighted by Gasteiger charge is -2.06. The van der Waals surface area contributed by atoms with E-state index in [0.29, 0.717) is 11.6 Å². The van der Waals surface area contributed by atoms with E-state index in [2.05, 4.69) is 13.5 Å². The highest BCUT2D eigenvalue weighted by Crippen LogP contribution is 2.10. The molecule has 0 saturated heterocycles. The van der Waals surface area contributed by atoms with Gasteiger partial charge in [-0.25, -0.2) is 0 Å². The van der Waals surface area contributed by atoms with E-state index in [9.17, 15) is 0 Å². The molecule has 0 spiro atoms. The third-order valence-electron chi connectivity index (χ3n) is 2.95. The number of allylic oxidation sites excluding steroid dienone is 1. The zero-order valence-electron chi connectivity index (χ0n) is 11.5. The molecule has 0 amide bonds. The zero-order valence-corrected chi connectivity index (χ0v) is 12.2. The molecule has 0 atom stereocenters. The highest BCUT2D eigenvalue weighted by Gasteiger charge is 1.94. The maximum absolute atomic E-state index is 5.56. The summed E-state index contributed by atoms with van der Waals surface area (Å²) in [6.45, 7) is 6.75. The molecule has 0 aliphatic heterocycles. The SMILES string of the molecule is C=C(CCl)OCCCCCCCCCCCC. The smallest absolute Gasteiger partial charge is 0.104 e. The molecule has 102 valence electrons. The molecule has 0 fully saturated rings. The minimum Gasteiger partial charge on any atom is -0.497 e. The molecule has 0 unspecified atom stereocenters. The summed E-state index contributed by atoms with van der Waals surface area (Å²) in [5, 5.41) is 0. The zero-order chi connectivity index (χ0) is 12.8. The number of alkyl halides is 1. The van der Waals surface area contributed by atoms with Crippen LogP contribution in [-0.4, -0.2) is 12.5 Å². The van der Waals surface area contributed by atoms with Gasteiger partial charge in [-0.15, -0.1) is 11.6 Å². The lowest BCUT2D eigenvalue weighted by molar-refractivity contribution is 0.209. The Hall–Kier alpha value is -0.170. The monoisotopic (exact) mass is 260 g/mol. The van der Waals surface area contributed by atoms with E-state index in [1.807, 2.05) is 0 Å². The van der Waals surface area contributed by atoms with Gasteiger partial charge in [0.05, 0.1) is 12.5 Å². The fraction of sp³-hybridized carbons (Fsp3) is 0.867. The second-order valence-electron chi connectivity index (χ2n) is 4.70. The number of unbranched alkanes of at least 4 members (excludes halogenated alkanes) is 9. The van der Waals surface area contributed by atoms with E-state index in [1.165, 1.54) is 57.8 Å². The molecule has 0 rings (SSSR count). The molecule has 0 aromatic carbocycles. The largest absolute Gasteiger partial charge is 0.497 e. The first-order chi connectivity index (χ1) is 8.31. The second kappa shape index (κ2) is 13.9. The summed E-state index contributed by atoms with van der Waals surface area (Å²) in [4.78, 5) is 0. The average molecular weight is 261 g/mol. The number of ether oxygens (including phenoxy) is 1. The lowest BCUT2D eigenvalue weighted by Crippen LogP contribution is -1.95. The number of hydrogen-bond acceptors (Lipinski definition) is 1. The maximum atomic E-state index is 5.56. The van der Waals surface area contributed by atoms with Crippen LogP contribution >= 0.6 is 11.6 Å². The summed E-state index contributed by atoms with van der Waals surface area (Å²) in [6.07, 6.45) is 13.5. The van der Waals surface area contributed by atoms with Crippen molar-refractivity contribution in [3.8, 4) is 0 Å². The topological polar surface area (TPSA) is 9.23 Å². The van der Waals surface area contributed by atoms with Gasteiger partial charge in [0.25, 0.3) is 0 Å². The van der Waals surface area contributed by atoms with Crippen molar-refractivity contribution in [3.05, 3.63) is 12.3 Å². The van der Waals surface area contributed by atoms with Crippen molar-refractivity contribution < 1.29 is 4.74 Å². The predicted octanol–water partition coefficient (Wildman–Crippen LogP) is 5.68. The highest BCUT2D eigenvalue weighted by molar-refractivity contribution is 6.19. The van der Waals surface area contributed by atoms with Crippen LogP contribution in [0.15, 0.2) is 12.3 Å². The van der Waals surface area contributed by atoms with Crippen LogP contribution in [0.3, 0.4) is 0 Å². The molecule has 0 aliphatic rings. The Morgan fingerprint density at radius 1 is 0.882 bits per heavy atom. The van der Waals surface area contributed by atoms with Crippen LogP contribution in [-0.2, 0) is 4.74 Å². The summed E-state index contributed by atoms with van der Waals surface area (Å²) in [7, 11) is 0. The van der Waals surface area contributed by atoms with Crippen molar-refractivity contribution in [2.45, 2.75) is 71.1 Å². The van der Waals surface area contributed by atoms with Crippen LogP contribution in [0, 0.1) is 0 Å². The molecule has 0 bridgehead atoms. The molecule has 0 aromatic heterocycles.